The van der Waals surface area contributed by atoms with Crippen molar-refractivity contribution in [2.24, 2.45) is 0 Å². The van der Waals surface area contributed by atoms with Crippen molar-refractivity contribution < 1.29 is 19.0 Å². The quantitative estimate of drug-likeness (QED) is 0.208. The maximum absolute atomic E-state index is 13.9. The smallest absolute Gasteiger partial charge is 0.262 e. The molecule has 0 amide bonds. The van der Waals surface area contributed by atoms with Crippen LogP contribution >= 0.6 is 11.8 Å². The van der Waals surface area contributed by atoms with Gasteiger partial charge in [0.2, 0.25) is 6.79 Å². The molecule has 0 N–H and O–H groups in total. The highest BCUT2D eigenvalue weighted by Gasteiger charge is 2.19. The third-order valence-corrected chi connectivity index (χ3v) is 7.46. The van der Waals surface area contributed by atoms with Crippen LogP contribution in [-0.2, 0) is 11.3 Å². The van der Waals surface area contributed by atoms with Crippen LogP contribution in [-0.4, -0.2) is 54.2 Å². The predicted octanol–water partition coefficient (Wildman–Crippen LogP) is 3.99. The molecule has 4 aromatic rings. The highest BCUT2D eigenvalue weighted by atomic mass is 32.2. The fraction of sp³-hybridized carbons (Fsp3) is 0.250. The van der Waals surface area contributed by atoms with Crippen LogP contribution in [0.5, 0.6) is 11.5 Å². The number of morpholine rings is 1. The van der Waals surface area contributed by atoms with Gasteiger partial charge < -0.3 is 19.1 Å². The molecule has 6 rings (SSSR count). The molecule has 1 saturated heterocycles. The number of rotatable bonds is 7. The molecule has 2 aliphatic heterocycles. The lowest BCUT2D eigenvalue weighted by Crippen LogP contribution is -2.36. The third kappa shape index (κ3) is 4.92. The van der Waals surface area contributed by atoms with E-state index in [1.807, 2.05) is 54.6 Å². The largest absolute Gasteiger partial charge is 0.454 e. The highest BCUT2D eigenvalue weighted by Crippen LogP contribution is 2.33. The van der Waals surface area contributed by atoms with Crippen LogP contribution in [0.15, 0.2) is 76.7 Å². The molecular formula is C28H25N3O5S. The molecule has 37 heavy (non-hydrogen) atoms. The summed E-state index contributed by atoms with van der Waals surface area (Å²) >= 11 is 1.28. The van der Waals surface area contributed by atoms with Crippen molar-refractivity contribution in [3.8, 4) is 11.5 Å². The maximum atomic E-state index is 13.9. The molecular weight excluding hydrogens is 490 g/mol. The molecule has 9 heteroatoms. The summed E-state index contributed by atoms with van der Waals surface area (Å²) in [5, 5.41) is 1.04. The predicted molar refractivity (Wildman–Crippen MR) is 142 cm³/mol. The van der Waals surface area contributed by atoms with E-state index in [1.54, 1.807) is 16.7 Å². The second-order valence-corrected chi connectivity index (χ2v) is 9.79. The first-order chi connectivity index (χ1) is 18.2. The maximum Gasteiger partial charge on any atom is 0.262 e. The molecule has 3 heterocycles. The summed E-state index contributed by atoms with van der Waals surface area (Å²) in [6, 6.07) is 20.6. The minimum Gasteiger partial charge on any atom is -0.454 e. The SMILES string of the molecule is O=C(CSc1nc2ccc(N3CCOCC3)cc2c(=O)n1Cc1ccc2c(c1)OCO2)c1ccccc1. The van der Waals surface area contributed by atoms with Gasteiger partial charge in [-0.25, -0.2) is 4.98 Å². The number of nitrogens with zero attached hydrogens (tertiary/aromatic N) is 3. The number of fused-ring (bicyclic) bond motifs is 2. The van der Waals surface area contributed by atoms with E-state index in [0.29, 0.717) is 52.9 Å². The van der Waals surface area contributed by atoms with E-state index in [0.717, 1.165) is 24.3 Å². The van der Waals surface area contributed by atoms with Crippen LogP contribution in [0.2, 0.25) is 0 Å². The van der Waals surface area contributed by atoms with Crippen molar-refractivity contribution in [2.45, 2.75) is 11.7 Å². The molecule has 0 atom stereocenters. The summed E-state index contributed by atoms with van der Waals surface area (Å²) in [6.45, 7) is 3.36. The Balaban J connectivity index is 1.37. The number of carbonyl (C=O) groups is 1. The number of benzene rings is 3. The van der Waals surface area contributed by atoms with E-state index < -0.39 is 0 Å². The first-order valence-electron chi connectivity index (χ1n) is 12.1. The van der Waals surface area contributed by atoms with Crippen LogP contribution in [0, 0.1) is 0 Å². The molecule has 3 aromatic carbocycles. The zero-order valence-corrected chi connectivity index (χ0v) is 20.9. The Morgan fingerprint density at radius 2 is 1.76 bits per heavy atom. The summed E-state index contributed by atoms with van der Waals surface area (Å²) in [6.07, 6.45) is 0. The molecule has 0 unspecified atom stereocenters. The van der Waals surface area contributed by atoms with E-state index in [-0.39, 0.29) is 23.9 Å². The number of aromatic nitrogens is 2. The van der Waals surface area contributed by atoms with Crippen molar-refractivity contribution in [2.75, 3.05) is 43.7 Å². The lowest BCUT2D eigenvalue weighted by atomic mass is 10.1. The minimum atomic E-state index is -0.146. The summed E-state index contributed by atoms with van der Waals surface area (Å²) in [4.78, 5) is 33.7. The fourth-order valence-corrected chi connectivity index (χ4v) is 5.41. The topological polar surface area (TPSA) is 82.9 Å². The minimum absolute atomic E-state index is 0.0164. The van der Waals surface area contributed by atoms with Gasteiger partial charge in [-0.1, -0.05) is 48.2 Å². The Bertz CT molecular complexity index is 1520. The average molecular weight is 516 g/mol. The monoisotopic (exact) mass is 515 g/mol. The molecule has 8 nitrogen and oxygen atoms in total. The molecule has 0 aliphatic carbocycles. The molecule has 0 spiro atoms. The van der Waals surface area contributed by atoms with Crippen molar-refractivity contribution in [3.63, 3.8) is 0 Å². The summed E-state index contributed by atoms with van der Waals surface area (Å²) < 4.78 is 18.1. The van der Waals surface area contributed by atoms with Gasteiger partial charge in [-0.3, -0.25) is 14.2 Å². The number of hydrogen-bond acceptors (Lipinski definition) is 8. The van der Waals surface area contributed by atoms with Crippen molar-refractivity contribution in [3.05, 3.63) is 88.2 Å². The number of anilines is 1. The first kappa shape index (κ1) is 23.6. The molecule has 0 bridgehead atoms. The third-order valence-electron chi connectivity index (χ3n) is 6.48. The van der Waals surface area contributed by atoms with Crippen molar-refractivity contribution >= 4 is 34.1 Å². The molecule has 0 radical (unpaired) electrons. The van der Waals surface area contributed by atoms with Crippen LogP contribution in [0.1, 0.15) is 15.9 Å². The van der Waals surface area contributed by atoms with Crippen LogP contribution in [0.4, 0.5) is 5.69 Å². The van der Waals surface area contributed by atoms with Gasteiger partial charge in [-0.05, 0) is 35.9 Å². The second-order valence-electron chi connectivity index (χ2n) is 8.85. The number of ketones is 1. The first-order valence-corrected chi connectivity index (χ1v) is 13.1. The van der Waals surface area contributed by atoms with Crippen molar-refractivity contribution in [1.29, 1.82) is 0 Å². The highest BCUT2D eigenvalue weighted by molar-refractivity contribution is 7.99. The Morgan fingerprint density at radius 1 is 0.946 bits per heavy atom. The Hall–Kier alpha value is -3.82. The van der Waals surface area contributed by atoms with E-state index in [9.17, 15) is 9.59 Å². The molecule has 0 saturated carbocycles. The number of hydrogen-bond donors (Lipinski definition) is 0. The molecule has 188 valence electrons. The fourth-order valence-electron chi connectivity index (χ4n) is 4.52. The zero-order valence-electron chi connectivity index (χ0n) is 20.1. The Morgan fingerprint density at radius 3 is 2.59 bits per heavy atom. The van der Waals surface area contributed by atoms with E-state index in [2.05, 4.69) is 4.90 Å². The second kappa shape index (κ2) is 10.3. The average Bonchev–Trinajstić information content (AvgIpc) is 3.42. The Labute approximate surface area is 217 Å². The summed E-state index contributed by atoms with van der Waals surface area (Å²) in [5.74, 6) is 1.50. The number of carbonyl (C=O) groups excluding carboxylic acids is 1. The number of thioether (sulfide) groups is 1. The van der Waals surface area contributed by atoms with Gasteiger partial charge in [-0.15, -0.1) is 0 Å². The number of ether oxygens (including phenoxy) is 3. The molecule has 1 aromatic heterocycles. The van der Waals surface area contributed by atoms with Crippen LogP contribution in [0.25, 0.3) is 10.9 Å². The van der Waals surface area contributed by atoms with E-state index in [4.69, 9.17) is 19.2 Å². The van der Waals surface area contributed by atoms with Gasteiger partial charge in [0.25, 0.3) is 5.56 Å². The van der Waals surface area contributed by atoms with E-state index >= 15 is 0 Å². The van der Waals surface area contributed by atoms with Crippen LogP contribution < -0.4 is 19.9 Å². The molecule has 1 fully saturated rings. The van der Waals surface area contributed by atoms with Gasteiger partial charge in [0.15, 0.2) is 22.4 Å². The normalized spacial score (nSPS) is 14.8. The van der Waals surface area contributed by atoms with E-state index in [1.165, 1.54) is 11.8 Å². The van der Waals surface area contributed by atoms with Gasteiger partial charge in [0, 0.05) is 24.3 Å². The van der Waals surface area contributed by atoms with Crippen molar-refractivity contribution in [1.82, 2.24) is 9.55 Å². The Kier molecular flexibility index (Phi) is 6.55. The van der Waals surface area contributed by atoms with Gasteiger partial charge in [-0.2, -0.15) is 0 Å². The van der Waals surface area contributed by atoms with Gasteiger partial charge >= 0.3 is 0 Å². The lowest BCUT2D eigenvalue weighted by Gasteiger charge is -2.29. The lowest BCUT2D eigenvalue weighted by molar-refractivity contribution is 0.102. The van der Waals surface area contributed by atoms with Gasteiger partial charge in [0.05, 0.1) is 36.4 Å². The standard InChI is InChI=1S/C28H25N3O5S/c32-24(20-4-2-1-3-5-20)17-37-28-29-23-8-7-21(30-10-12-34-13-11-30)15-22(23)27(33)31(28)16-19-6-9-25-26(14-19)36-18-35-25/h1-9,14-15H,10-13,16-18H2. The van der Waals surface area contributed by atoms with Crippen LogP contribution in [0.3, 0.4) is 0 Å². The molecule has 2 aliphatic rings. The summed E-state index contributed by atoms with van der Waals surface area (Å²) in [5.41, 5.74) is 2.96. The van der Waals surface area contributed by atoms with Gasteiger partial charge in [0.1, 0.15) is 0 Å². The number of Topliss-reactive ketones (excluding diaryl/α,β-unsaturated/α-hetero) is 1. The zero-order chi connectivity index (χ0) is 25.2. The summed E-state index contributed by atoms with van der Waals surface area (Å²) in [7, 11) is 0.